The summed E-state index contributed by atoms with van der Waals surface area (Å²) in [6.07, 6.45) is 0.179. The second-order valence-electron chi connectivity index (χ2n) is 8.62. The van der Waals surface area contributed by atoms with Gasteiger partial charge in [-0.1, -0.05) is 65.9 Å². The maximum atomic E-state index is 13.0. The zero-order chi connectivity index (χ0) is 24.4. The Morgan fingerprint density at radius 2 is 1.88 bits per heavy atom. The standard InChI is InChI=1S/C27H29N3O3S/c1-16-11-12-22(17(2)13-16)25-24(26(32)33-5)19(4)29-27-30(25)21(15-34-27)14-23(31)28-18(3)20-9-7-6-8-10-20/h6-13,15,18,25H,14H2,1-5H3,(H,28,31)/t18-,25+/m1/s1. The Kier molecular flexibility index (Phi) is 6.93. The Bertz CT molecular complexity index is 1220. The number of hydrogen-bond acceptors (Lipinski definition) is 6. The number of carbonyl (C=O) groups is 2. The number of fused-ring (bicyclic) bond motifs is 1. The van der Waals surface area contributed by atoms with E-state index < -0.39 is 12.0 Å². The summed E-state index contributed by atoms with van der Waals surface area (Å²) < 4.78 is 5.14. The number of aliphatic imine (C=N–C) groups is 1. The van der Waals surface area contributed by atoms with Crippen LogP contribution in [-0.2, 0) is 14.3 Å². The number of carbonyl (C=O) groups excluding carboxylic acids is 2. The van der Waals surface area contributed by atoms with Gasteiger partial charge in [-0.2, -0.15) is 0 Å². The molecular weight excluding hydrogens is 446 g/mol. The molecule has 2 heterocycles. The summed E-state index contributed by atoms with van der Waals surface area (Å²) in [6, 6.07) is 15.5. The van der Waals surface area contributed by atoms with E-state index in [-0.39, 0.29) is 18.4 Å². The van der Waals surface area contributed by atoms with E-state index in [1.165, 1.54) is 18.9 Å². The number of ether oxygens (including phenoxy) is 1. The van der Waals surface area contributed by atoms with Gasteiger partial charge in [-0.05, 0) is 49.8 Å². The van der Waals surface area contributed by atoms with Crippen LogP contribution in [0.15, 0.2) is 75.9 Å². The lowest BCUT2D eigenvalue weighted by atomic mass is 9.90. The van der Waals surface area contributed by atoms with Crippen molar-refractivity contribution in [2.75, 3.05) is 7.11 Å². The molecule has 1 N–H and O–H groups in total. The zero-order valence-corrected chi connectivity index (χ0v) is 20.9. The largest absolute Gasteiger partial charge is 0.466 e. The van der Waals surface area contributed by atoms with Crippen LogP contribution >= 0.6 is 11.8 Å². The number of methoxy groups -OCH3 is 1. The van der Waals surface area contributed by atoms with E-state index in [4.69, 9.17) is 4.74 Å². The highest BCUT2D eigenvalue weighted by Gasteiger charge is 2.41. The first-order valence-electron chi connectivity index (χ1n) is 11.2. The Hall–Kier alpha value is -3.32. The maximum absolute atomic E-state index is 13.0. The molecule has 176 valence electrons. The Morgan fingerprint density at radius 3 is 2.56 bits per heavy atom. The van der Waals surface area contributed by atoms with Gasteiger partial charge in [-0.15, -0.1) is 0 Å². The molecule has 0 radical (unpaired) electrons. The van der Waals surface area contributed by atoms with Gasteiger partial charge in [-0.3, -0.25) is 4.79 Å². The normalized spacial score (nSPS) is 18.1. The van der Waals surface area contributed by atoms with Crippen LogP contribution in [0.5, 0.6) is 0 Å². The van der Waals surface area contributed by atoms with Crippen LogP contribution in [0.2, 0.25) is 0 Å². The fourth-order valence-electron chi connectivity index (χ4n) is 4.45. The molecule has 4 rings (SSSR count). The first kappa shape index (κ1) is 23.8. The van der Waals surface area contributed by atoms with E-state index in [1.807, 2.05) is 80.5 Å². The predicted octanol–water partition coefficient (Wildman–Crippen LogP) is 5.32. The summed E-state index contributed by atoms with van der Waals surface area (Å²) in [6.45, 7) is 7.89. The molecule has 0 bridgehead atoms. The molecule has 0 saturated carbocycles. The Morgan fingerprint density at radius 1 is 1.15 bits per heavy atom. The second kappa shape index (κ2) is 9.89. The fraction of sp³-hybridized carbons (Fsp3) is 0.296. The molecule has 0 unspecified atom stereocenters. The minimum atomic E-state index is -0.416. The third-order valence-corrected chi connectivity index (χ3v) is 7.03. The van der Waals surface area contributed by atoms with Gasteiger partial charge < -0.3 is 15.0 Å². The van der Waals surface area contributed by atoms with Crippen molar-refractivity contribution in [3.8, 4) is 0 Å². The zero-order valence-electron chi connectivity index (χ0n) is 20.1. The van der Waals surface area contributed by atoms with Gasteiger partial charge in [-0.25, -0.2) is 9.79 Å². The Balaban J connectivity index is 1.65. The van der Waals surface area contributed by atoms with Crippen LogP contribution in [-0.4, -0.2) is 29.1 Å². The van der Waals surface area contributed by atoms with Crippen LogP contribution in [0.25, 0.3) is 0 Å². The molecule has 2 aromatic rings. The van der Waals surface area contributed by atoms with Crippen molar-refractivity contribution in [1.82, 2.24) is 10.2 Å². The molecule has 7 heteroatoms. The summed E-state index contributed by atoms with van der Waals surface area (Å²) in [4.78, 5) is 32.6. The average Bonchev–Trinajstić information content (AvgIpc) is 3.20. The molecule has 2 aliphatic heterocycles. The van der Waals surface area contributed by atoms with E-state index in [1.54, 1.807) is 0 Å². The highest BCUT2D eigenvalue weighted by Crippen LogP contribution is 2.45. The molecule has 2 atom stereocenters. The summed E-state index contributed by atoms with van der Waals surface area (Å²) in [7, 11) is 1.38. The number of rotatable bonds is 6. The summed E-state index contributed by atoms with van der Waals surface area (Å²) in [5, 5.41) is 5.80. The quantitative estimate of drug-likeness (QED) is 0.573. The molecule has 6 nitrogen and oxygen atoms in total. The van der Waals surface area contributed by atoms with Crippen molar-refractivity contribution in [2.45, 2.75) is 46.2 Å². The summed E-state index contributed by atoms with van der Waals surface area (Å²) >= 11 is 1.47. The van der Waals surface area contributed by atoms with Crippen molar-refractivity contribution in [3.05, 3.63) is 93.2 Å². The minimum absolute atomic E-state index is 0.0882. The predicted molar refractivity (Wildman–Crippen MR) is 136 cm³/mol. The van der Waals surface area contributed by atoms with E-state index in [2.05, 4.69) is 16.4 Å². The molecule has 0 aromatic heterocycles. The van der Waals surface area contributed by atoms with Gasteiger partial charge in [0.15, 0.2) is 5.17 Å². The molecule has 0 saturated heterocycles. The summed E-state index contributed by atoms with van der Waals surface area (Å²) in [5.41, 5.74) is 6.18. The number of thioether (sulfide) groups is 1. The van der Waals surface area contributed by atoms with Gasteiger partial charge in [0, 0.05) is 5.70 Å². The number of esters is 1. The average molecular weight is 476 g/mol. The topological polar surface area (TPSA) is 71.0 Å². The third-order valence-electron chi connectivity index (χ3n) is 6.14. The van der Waals surface area contributed by atoms with Crippen molar-refractivity contribution in [1.29, 1.82) is 0 Å². The van der Waals surface area contributed by atoms with Crippen molar-refractivity contribution in [3.63, 3.8) is 0 Å². The molecule has 34 heavy (non-hydrogen) atoms. The lowest BCUT2D eigenvalue weighted by molar-refractivity contribution is -0.136. The lowest BCUT2D eigenvalue weighted by Gasteiger charge is -2.37. The van der Waals surface area contributed by atoms with E-state index >= 15 is 0 Å². The second-order valence-corrected chi connectivity index (χ2v) is 9.46. The maximum Gasteiger partial charge on any atom is 0.338 e. The molecule has 2 aliphatic rings. The monoisotopic (exact) mass is 475 g/mol. The van der Waals surface area contributed by atoms with Crippen LogP contribution in [0.4, 0.5) is 0 Å². The van der Waals surface area contributed by atoms with Gasteiger partial charge in [0.05, 0.1) is 36.9 Å². The fourth-order valence-corrected chi connectivity index (χ4v) is 5.41. The molecular formula is C27H29N3O3S. The number of allylic oxidation sites excluding steroid dienone is 1. The lowest BCUT2D eigenvalue weighted by Crippen LogP contribution is -2.38. The number of amidine groups is 1. The SMILES string of the molecule is COC(=O)C1=C(C)N=C2SC=C(CC(=O)N[C@H](C)c3ccccc3)N2[C@H]1c1ccc(C)cc1C. The molecule has 1 amide bonds. The van der Waals surface area contributed by atoms with Crippen molar-refractivity contribution >= 4 is 28.8 Å². The van der Waals surface area contributed by atoms with E-state index in [0.29, 0.717) is 11.3 Å². The number of benzene rings is 2. The van der Waals surface area contributed by atoms with Gasteiger partial charge in [0.1, 0.15) is 0 Å². The van der Waals surface area contributed by atoms with Crippen LogP contribution in [0.1, 0.15) is 54.6 Å². The number of aryl methyl sites for hydroxylation is 2. The summed E-state index contributed by atoms with van der Waals surface area (Å²) in [5.74, 6) is -0.501. The van der Waals surface area contributed by atoms with Crippen LogP contribution in [0.3, 0.4) is 0 Å². The van der Waals surface area contributed by atoms with Gasteiger partial charge >= 0.3 is 5.97 Å². The number of nitrogens with zero attached hydrogens (tertiary/aromatic N) is 2. The molecule has 2 aromatic carbocycles. The van der Waals surface area contributed by atoms with Gasteiger partial charge in [0.2, 0.25) is 5.91 Å². The minimum Gasteiger partial charge on any atom is -0.466 e. The molecule has 0 aliphatic carbocycles. The van der Waals surface area contributed by atoms with E-state index in [0.717, 1.165) is 33.1 Å². The molecule has 0 spiro atoms. The third kappa shape index (κ3) is 4.66. The smallest absolute Gasteiger partial charge is 0.338 e. The van der Waals surface area contributed by atoms with E-state index in [9.17, 15) is 9.59 Å². The number of hydrogen-bond donors (Lipinski definition) is 1. The van der Waals surface area contributed by atoms with Crippen molar-refractivity contribution < 1.29 is 14.3 Å². The number of nitrogens with one attached hydrogen (secondary N) is 1. The van der Waals surface area contributed by atoms with Gasteiger partial charge in [0.25, 0.3) is 0 Å². The highest BCUT2D eigenvalue weighted by atomic mass is 32.2. The van der Waals surface area contributed by atoms with Crippen molar-refractivity contribution in [2.24, 2.45) is 4.99 Å². The van der Waals surface area contributed by atoms with Crippen LogP contribution in [0, 0.1) is 13.8 Å². The first-order valence-corrected chi connectivity index (χ1v) is 12.1. The number of amides is 1. The first-order chi connectivity index (χ1) is 16.3. The highest BCUT2D eigenvalue weighted by molar-refractivity contribution is 8.16. The molecule has 0 fully saturated rings. The van der Waals surface area contributed by atoms with Crippen LogP contribution < -0.4 is 5.32 Å². The Labute approximate surface area is 204 Å².